The van der Waals surface area contributed by atoms with Crippen LogP contribution in [-0.4, -0.2) is 53.1 Å². The van der Waals surface area contributed by atoms with E-state index in [0.717, 1.165) is 11.3 Å². The smallest absolute Gasteiger partial charge is 0.350 e. The van der Waals surface area contributed by atoms with Crippen LogP contribution in [0.4, 0.5) is 5.69 Å². The average molecular weight is 449 g/mol. The van der Waals surface area contributed by atoms with Gasteiger partial charge in [-0.05, 0) is 19.1 Å². The number of aryl methyl sites for hydroxylation is 1. The predicted molar refractivity (Wildman–Crippen MR) is 113 cm³/mol. The molecule has 1 aromatic carbocycles. The van der Waals surface area contributed by atoms with Gasteiger partial charge in [0.1, 0.15) is 9.71 Å². The molecule has 2 amide bonds. The minimum absolute atomic E-state index is 0.0736. The van der Waals surface area contributed by atoms with Crippen molar-refractivity contribution in [1.29, 1.82) is 0 Å². The van der Waals surface area contributed by atoms with Crippen LogP contribution in [0.5, 0.6) is 0 Å². The van der Waals surface area contributed by atoms with Gasteiger partial charge in [0.2, 0.25) is 0 Å². The molecule has 0 spiro atoms. The molecule has 0 saturated carbocycles. The van der Waals surface area contributed by atoms with Crippen LogP contribution in [0, 0.1) is 6.92 Å². The Bertz CT molecular complexity index is 1150. The van der Waals surface area contributed by atoms with Crippen molar-refractivity contribution in [3.8, 4) is 11.4 Å². The van der Waals surface area contributed by atoms with Gasteiger partial charge < -0.3 is 20.5 Å². The molecule has 0 aliphatic rings. The highest BCUT2D eigenvalue weighted by atomic mass is 35.5. The zero-order chi connectivity index (χ0) is 21.8. The molecule has 0 unspecified atom stereocenters. The van der Waals surface area contributed by atoms with E-state index < -0.39 is 17.8 Å². The molecule has 0 radical (unpaired) electrons. The number of carbonyl (C=O) groups is 3. The molecule has 9 nitrogen and oxygen atoms in total. The van der Waals surface area contributed by atoms with Gasteiger partial charge in [0.05, 0.1) is 35.5 Å². The topological polar surface area (TPSA) is 131 Å². The Morgan fingerprint density at radius 1 is 1.20 bits per heavy atom. The fraction of sp³-hybridized carbons (Fsp3) is 0.211. The van der Waals surface area contributed by atoms with Crippen molar-refractivity contribution in [3.05, 3.63) is 39.9 Å². The number of aliphatic hydroxyl groups is 1. The Hall–Kier alpha value is -3.08. The van der Waals surface area contributed by atoms with Crippen molar-refractivity contribution in [2.24, 2.45) is 0 Å². The number of anilines is 1. The van der Waals surface area contributed by atoms with Gasteiger partial charge in [-0.3, -0.25) is 9.59 Å². The molecule has 0 aliphatic heterocycles. The summed E-state index contributed by atoms with van der Waals surface area (Å²) in [7, 11) is 1.21. The number of nitrogens with zero attached hydrogens (tertiary/aromatic N) is 2. The van der Waals surface area contributed by atoms with E-state index in [1.54, 1.807) is 31.2 Å². The summed E-state index contributed by atoms with van der Waals surface area (Å²) in [5.74, 6) is -2.28. The van der Waals surface area contributed by atoms with Crippen LogP contribution in [0.15, 0.2) is 24.3 Å². The largest absolute Gasteiger partial charge is 0.465 e. The van der Waals surface area contributed by atoms with Crippen molar-refractivity contribution in [2.45, 2.75) is 6.92 Å². The molecule has 2 heterocycles. The van der Waals surface area contributed by atoms with E-state index in [1.165, 1.54) is 7.11 Å². The van der Waals surface area contributed by atoms with Gasteiger partial charge in [-0.1, -0.05) is 23.7 Å². The summed E-state index contributed by atoms with van der Waals surface area (Å²) in [5, 5.41) is 14.4. The van der Waals surface area contributed by atoms with E-state index in [2.05, 4.69) is 20.6 Å². The van der Waals surface area contributed by atoms with Crippen LogP contribution in [0.1, 0.15) is 15.4 Å². The molecule has 0 atom stereocenters. The Labute approximate surface area is 180 Å². The fourth-order valence-corrected chi connectivity index (χ4v) is 4.03. The minimum Gasteiger partial charge on any atom is -0.465 e. The van der Waals surface area contributed by atoms with Gasteiger partial charge in [0.15, 0.2) is 5.82 Å². The molecule has 0 fully saturated rings. The lowest BCUT2D eigenvalue weighted by Gasteiger charge is -2.09. The zero-order valence-corrected chi connectivity index (χ0v) is 17.6. The number of fused-ring (bicyclic) bond motifs is 1. The summed E-state index contributed by atoms with van der Waals surface area (Å²) in [6.07, 6.45) is 0. The molecule has 3 aromatic rings. The Kier molecular flexibility index (Phi) is 6.60. The van der Waals surface area contributed by atoms with E-state index in [0.29, 0.717) is 32.3 Å². The maximum Gasteiger partial charge on any atom is 0.350 e. The first-order valence-corrected chi connectivity index (χ1v) is 9.91. The summed E-state index contributed by atoms with van der Waals surface area (Å²) < 4.78 is 4.80. The Balaban J connectivity index is 2.11. The first kappa shape index (κ1) is 21.6. The molecular weight excluding hydrogens is 432 g/mol. The SMILES string of the molecule is COC(=O)c1sc2nc(-c3ccccc3Cl)nc(C)c2c1NC(=O)C(=O)NCCO. The number of rotatable bonds is 5. The van der Waals surface area contributed by atoms with Crippen LogP contribution in [0.2, 0.25) is 5.02 Å². The number of esters is 1. The number of carbonyl (C=O) groups excluding carboxylic acids is 3. The van der Waals surface area contributed by atoms with Crippen LogP contribution in [0.25, 0.3) is 21.6 Å². The third-order valence-corrected chi connectivity index (χ3v) is 5.45. The van der Waals surface area contributed by atoms with Crippen molar-refractivity contribution in [1.82, 2.24) is 15.3 Å². The molecule has 0 aliphatic carbocycles. The van der Waals surface area contributed by atoms with Crippen LogP contribution >= 0.6 is 22.9 Å². The van der Waals surface area contributed by atoms with Crippen molar-refractivity contribution < 1.29 is 24.2 Å². The highest BCUT2D eigenvalue weighted by Gasteiger charge is 2.26. The standard InChI is InChI=1S/C19H17ClN4O5S/c1-9-12-13(23-17(27)16(26)21-7-8-25)14(19(28)29-2)30-18(12)24-15(22-9)10-5-3-4-6-11(10)20/h3-6,25H,7-8H2,1-2H3,(H,21,26)(H,23,27). The van der Waals surface area contributed by atoms with E-state index in [4.69, 9.17) is 21.4 Å². The molecule has 11 heteroatoms. The van der Waals surface area contributed by atoms with Gasteiger partial charge in [0.25, 0.3) is 0 Å². The average Bonchev–Trinajstić information content (AvgIpc) is 3.10. The number of hydrogen-bond donors (Lipinski definition) is 3. The monoisotopic (exact) mass is 448 g/mol. The summed E-state index contributed by atoms with van der Waals surface area (Å²) in [5.41, 5.74) is 1.19. The number of ether oxygens (including phenoxy) is 1. The second-order valence-corrected chi connectivity index (χ2v) is 7.43. The van der Waals surface area contributed by atoms with Gasteiger partial charge in [0, 0.05) is 12.1 Å². The maximum absolute atomic E-state index is 12.3. The first-order valence-electron chi connectivity index (χ1n) is 8.71. The van der Waals surface area contributed by atoms with Crippen molar-refractivity contribution in [3.63, 3.8) is 0 Å². The lowest BCUT2D eigenvalue weighted by molar-refractivity contribution is -0.136. The van der Waals surface area contributed by atoms with Gasteiger partial charge in [-0.15, -0.1) is 11.3 Å². The molecule has 0 bridgehead atoms. The number of benzene rings is 1. The lowest BCUT2D eigenvalue weighted by atomic mass is 10.2. The third kappa shape index (κ3) is 4.25. The quantitative estimate of drug-likeness (QED) is 0.402. The normalized spacial score (nSPS) is 10.7. The number of halogens is 1. The maximum atomic E-state index is 12.3. The molecule has 3 rings (SSSR count). The van der Waals surface area contributed by atoms with E-state index in [9.17, 15) is 14.4 Å². The summed E-state index contributed by atoms with van der Waals surface area (Å²) in [6, 6.07) is 7.07. The summed E-state index contributed by atoms with van der Waals surface area (Å²) >= 11 is 7.25. The van der Waals surface area contributed by atoms with Crippen LogP contribution in [-0.2, 0) is 14.3 Å². The third-order valence-electron chi connectivity index (χ3n) is 4.06. The van der Waals surface area contributed by atoms with E-state index >= 15 is 0 Å². The second-order valence-electron chi connectivity index (χ2n) is 6.02. The van der Waals surface area contributed by atoms with Crippen molar-refractivity contribution in [2.75, 3.05) is 25.6 Å². The Morgan fingerprint density at radius 3 is 2.60 bits per heavy atom. The number of aromatic nitrogens is 2. The molecule has 156 valence electrons. The van der Waals surface area contributed by atoms with E-state index in [-0.39, 0.29) is 23.7 Å². The highest BCUT2D eigenvalue weighted by Crippen LogP contribution is 2.38. The lowest BCUT2D eigenvalue weighted by Crippen LogP contribution is -2.37. The van der Waals surface area contributed by atoms with Gasteiger partial charge in [-0.2, -0.15) is 0 Å². The van der Waals surface area contributed by atoms with Crippen LogP contribution < -0.4 is 10.6 Å². The fourth-order valence-electron chi connectivity index (χ4n) is 2.71. The molecule has 30 heavy (non-hydrogen) atoms. The number of amides is 2. The predicted octanol–water partition coefficient (Wildman–Crippen LogP) is 2.15. The minimum atomic E-state index is -0.997. The summed E-state index contributed by atoms with van der Waals surface area (Å²) in [6.45, 7) is 1.30. The zero-order valence-electron chi connectivity index (χ0n) is 16.0. The Morgan fingerprint density at radius 2 is 1.93 bits per heavy atom. The number of methoxy groups -OCH3 is 1. The highest BCUT2D eigenvalue weighted by molar-refractivity contribution is 7.21. The van der Waals surface area contributed by atoms with Gasteiger partial charge in [-0.25, -0.2) is 14.8 Å². The molecule has 3 N–H and O–H groups in total. The van der Waals surface area contributed by atoms with Crippen molar-refractivity contribution >= 4 is 56.6 Å². The van der Waals surface area contributed by atoms with Crippen LogP contribution in [0.3, 0.4) is 0 Å². The second kappa shape index (κ2) is 9.16. The number of nitrogens with one attached hydrogen (secondary N) is 2. The van der Waals surface area contributed by atoms with Gasteiger partial charge >= 0.3 is 17.8 Å². The van der Waals surface area contributed by atoms with E-state index in [1.807, 2.05) is 0 Å². The molecule has 2 aromatic heterocycles. The molecular formula is C19H17ClN4O5S. The molecule has 0 saturated heterocycles. The number of aliphatic hydroxyl groups excluding tert-OH is 1. The number of thiophene rings is 1. The summed E-state index contributed by atoms with van der Waals surface area (Å²) in [4.78, 5) is 45.9. The number of hydrogen-bond acceptors (Lipinski definition) is 8. The first-order chi connectivity index (χ1) is 14.4.